The monoisotopic (exact) mass is 331 g/mol. The summed E-state index contributed by atoms with van der Waals surface area (Å²) in [6.07, 6.45) is 6.65. The van der Waals surface area contributed by atoms with Gasteiger partial charge in [-0.2, -0.15) is 5.10 Å². The highest BCUT2D eigenvalue weighted by atomic mass is 16.2. The summed E-state index contributed by atoms with van der Waals surface area (Å²) in [6, 6.07) is 2.87. The standard InChI is InChI=1S/C18H29N5O/c1-2-15-11-16(21-20-15)12-19-18(24)23-7-5-22(6-8-23)17-10-13-3-4-14(17)9-13/h11,13-14,17H,2-10,12H2,1H3,(H,19,24)(H,20,21)/t13-,14-,17+/m0/s1. The predicted octanol–water partition coefficient (Wildman–Crippen LogP) is 1.99. The molecular weight excluding hydrogens is 302 g/mol. The summed E-state index contributed by atoms with van der Waals surface area (Å²) in [6.45, 7) is 6.37. The van der Waals surface area contributed by atoms with Crippen molar-refractivity contribution in [2.24, 2.45) is 11.8 Å². The van der Waals surface area contributed by atoms with Crippen molar-refractivity contribution >= 4 is 6.03 Å². The number of carbonyl (C=O) groups excluding carboxylic acids is 1. The second kappa shape index (κ2) is 6.75. The Bertz CT molecular complexity index is 578. The SMILES string of the molecule is CCc1cc(CNC(=O)N2CCN([C@@H]3C[C@H]4CC[C@H]3C4)CC2)[nH]n1. The van der Waals surface area contributed by atoms with Crippen LogP contribution in [0.25, 0.3) is 0 Å². The molecule has 6 nitrogen and oxygen atoms in total. The zero-order chi connectivity index (χ0) is 16.5. The van der Waals surface area contributed by atoms with Gasteiger partial charge in [0, 0.05) is 32.2 Å². The van der Waals surface area contributed by atoms with E-state index in [1.807, 2.05) is 11.0 Å². The third-order valence-electron chi connectivity index (χ3n) is 6.25. The Morgan fingerprint density at radius 3 is 2.75 bits per heavy atom. The van der Waals surface area contributed by atoms with Gasteiger partial charge < -0.3 is 10.2 Å². The number of H-pyrrole nitrogens is 1. The highest BCUT2D eigenvalue weighted by Crippen LogP contribution is 2.46. The molecule has 6 heteroatoms. The number of hydrogen-bond donors (Lipinski definition) is 2. The van der Waals surface area contributed by atoms with Crippen molar-refractivity contribution in [2.45, 2.75) is 51.6 Å². The summed E-state index contributed by atoms with van der Waals surface area (Å²) in [5, 5.41) is 10.2. The molecule has 4 rings (SSSR count). The van der Waals surface area contributed by atoms with E-state index in [1.54, 1.807) is 0 Å². The summed E-state index contributed by atoms with van der Waals surface area (Å²) in [5.41, 5.74) is 2.01. The topological polar surface area (TPSA) is 64.3 Å². The smallest absolute Gasteiger partial charge is 0.317 e. The first-order valence-electron chi connectivity index (χ1n) is 9.53. The third-order valence-corrected chi connectivity index (χ3v) is 6.25. The van der Waals surface area contributed by atoms with E-state index in [-0.39, 0.29) is 6.03 Å². The molecule has 0 spiro atoms. The fraction of sp³-hybridized carbons (Fsp3) is 0.778. The van der Waals surface area contributed by atoms with Crippen molar-refractivity contribution in [3.8, 4) is 0 Å². The molecule has 2 saturated carbocycles. The van der Waals surface area contributed by atoms with Gasteiger partial charge in [0.2, 0.25) is 0 Å². The molecule has 2 heterocycles. The zero-order valence-corrected chi connectivity index (χ0v) is 14.6. The molecule has 1 aromatic heterocycles. The number of aryl methyl sites for hydroxylation is 1. The first kappa shape index (κ1) is 15.9. The average Bonchev–Trinajstić information content (AvgIpc) is 3.36. The largest absolute Gasteiger partial charge is 0.332 e. The summed E-state index contributed by atoms with van der Waals surface area (Å²) in [7, 11) is 0. The van der Waals surface area contributed by atoms with Crippen molar-refractivity contribution in [3.05, 3.63) is 17.5 Å². The lowest BCUT2D eigenvalue weighted by Gasteiger charge is -2.40. The maximum atomic E-state index is 12.4. The molecule has 2 bridgehead atoms. The van der Waals surface area contributed by atoms with Crippen LogP contribution < -0.4 is 5.32 Å². The average molecular weight is 331 g/mol. The highest BCUT2D eigenvalue weighted by molar-refractivity contribution is 5.74. The second-order valence-electron chi connectivity index (χ2n) is 7.66. The van der Waals surface area contributed by atoms with Gasteiger partial charge in [0.25, 0.3) is 0 Å². The Balaban J connectivity index is 1.22. The fourth-order valence-electron chi connectivity index (χ4n) is 4.88. The van der Waals surface area contributed by atoms with Crippen LogP contribution in [0.1, 0.15) is 44.0 Å². The number of piperazine rings is 1. The molecule has 3 fully saturated rings. The number of aromatic nitrogens is 2. The molecular formula is C18H29N5O. The van der Waals surface area contributed by atoms with Crippen molar-refractivity contribution < 1.29 is 4.79 Å². The van der Waals surface area contributed by atoms with E-state index in [0.29, 0.717) is 6.54 Å². The normalized spacial score (nSPS) is 30.0. The van der Waals surface area contributed by atoms with Crippen LogP contribution >= 0.6 is 0 Å². The number of aromatic amines is 1. The molecule has 1 saturated heterocycles. The first-order chi connectivity index (χ1) is 11.7. The summed E-state index contributed by atoms with van der Waals surface area (Å²) < 4.78 is 0. The van der Waals surface area contributed by atoms with Gasteiger partial charge in [-0.05, 0) is 43.6 Å². The number of fused-ring (bicyclic) bond motifs is 2. The Morgan fingerprint density at radius 2 is 2.12 bits per heavy atom. The molecule has 2 aliphatic carbocycles. The Labute approximate surface area is 144 Å². The number of carbonyl (C=O) groups is 1. The maximum absolute atomic E-state index is 12.4. The highest BCUT2D eigenvalue weighted by Gasteiger charge is 2.42. The van der Waals surface area contributed by atoms with Crippen LogP contribution in [0.4, 0.5) is 4.79 Å². The van der Waals surface area contributed by atoms with Gasteiger partial charge >= 0.3 is 6.03 Å². The number of hydrogen-bond acceptors (Lipinski definition) is 3. The molecule has 24 heavy (non-hydrogen) atoms. The van der Waals surface area contributed by atoms with Crippen LogP contribution in [0.5, 0.6) is 0 Å². The van der Waals surface area contributed by atoms with Crippen LogP contribution in [-0.4, -0.2) is 58.2 Å². The van der Waals surface area contributed by atoms with Gasteiger partial charge in [0.1, 0.15) is 0 Å². The lowest BCUT2D eigenvalue weighted by molar-refractivity contribution is 0.0826. The minimum atomic E-state index is 0.0511. The Morgan fingerprint density at radius 1 is 1.29 bits per heavy atom. The first-order valence-corrected chi connectivity index (χ1v) is 9.53. The lowest BCUT2D eigenvalue weighted by atomic mass is 9.93. The van der Waals surface area contributed by atoms with E-state index in [1.165, 1.54) is 25.7 Å². The van der Waals surface area contributed by atoms with Crippen molar-refractivity contribution in [2.75, 3.05) is 26.2 Å². The van der Waals surface area contributed by atoms with Crippen molar-refractivity contribution in [1.29, 1.82) is 0 Å². The molecule has 132 valence electrons. The molecule has 2 amide bonds. The lowest BCUT2D eigenvalue weighted by Crippen LogP contribution is -2.55. The molecule has 0 aromatic carbocycles. The molecule has 1 aliphatic heterocycles. The number of nitrogens with one attached hydrogen (secondary N) is 2. The minimum Gasteiger partial charge on any atom is -0.332 e. The van der Waals surface area contributed by atoms with E-state index in [0.717, 1.165) is 61.9 Å². The molecule has 0 unspecified atom stereocenters. The molecule has 1 aromatic rings. The van der Waals surface area contributed by atoms with Crippen LogP contribution in [0, 0.1) is 11.8 Å². The number of rotatable bonds is 4. The van der Waals surface area contributed by atoms with Crippen molar-refractivity contribution in [1.82, 2.24) is 25.3 Å². The summed E-state index contributed by atoms with van der Waals surface area (Å²) in [5.74, 6) is 1.92. The predicted molar refractivity (Wildman–Crippen MR) is 92.6 cm³/mol. The number of amides is 2. The van der Waals surface area contributed by atoms with Gasteiger partial charge in [-0.15, -0.1) is 0 Å². The summed E-state index contributed by atoms with van der Waals surface area (Å²) >= 11 is 0. The van der Waals surface area contributed by atoms with Crippen molar-refractivity contribution in [3.63, 3.8) is 0 Å². The van der Waals surface area contributed by atoms with Gasteiger partial charge in [0.15, 0.2) is 0 Å². The van der Waals surface area contributed by atoms with Gasteiger partial charge in [0.05, 0.1) is 17.9 Å². The second-order valence-corrected chi connectivity index (χ2v) is 7.66. The third kappa shape index (κ3) is 3.16. The molecule has 2 N–H and O–H groups in total. The zero-order valence-electron chi connectivity index (χ0n) is 14.6. The number of nitrogens with zero attached hydrogens (tertiary/aromatic N) is 3. The maximum Gasteiger partial charge on any atom is 0.317 e. The van der Waals surface area contributed by atoms with Crippen LogP contribution in [-0.2, 0) is 13.0 Å². The van der Waals surface area contributed by atoms with Crippen LogP contribution in [0.2, 0.25) is 0 Å². The van der Waals surface area contributed by atoms with E-state index in [9.17, 15) is 4.79 Å². The fourth-order valence-corrected chi connectivity index (χ4v) is 4.88. The van der Waals surface area contributed by atoms with E-state index < -0.39 is 0 Å². The minimum absolute atomic E-state index is 0.0511. The Kier molecular flexibility index (Phi) is 4.48. The Hall–Kier alpha value is -1.56. The van der Waals surface area contributed by atoms with E-state index >= 15 is 0 Å². The van der Waals surface area contributed by atoms with Crippen LogP contribution in [0.15, 0.2) is 6.07 Å². The molecule has 3 atom stereocenters. The summed E-state index contributed by atoms with van der Waals surface area (Å²) in [4.78, 5) is 17.0. The quantitative estimate of drug-likeness (QED) is 0.887. The van der Waals surface area contributed by atoms with Crippen LogP contribution in [0.3, 0.4) is 0 Å². The molecule has 3 aliphatic rings. The van der Waals surface area contributed by atoms with Gasteiger partial charge in [-0.1, -0.05) is 13.3 Å². The van der Waals surface area contributed by atoms with E-state index in [4.69, 9.17) is 0 Å². The van der Waals surface area contributed by atoms with Gasteiger partial charge in [-0.3, -0.25) is 10.00 Å². The van der Waals surface area contributed by atoms with Gasteiger partial charge in [-0.25, -0.2) is 4.79 Å². The van der Waals surface area contributed by atoms with E-state index in [2.05, 4.69) is 27.3 Å². The number of urea groups is 1. The molecule has 0 radical (unpaired) electrons.